The van der Waals surface area contributed by atoms with Crippen molar-refractivity contribution in [2.75, 3.05) is 0 Å². The summed E-state index contributed by atoms with van der Waals surface area (Å²) in [6.07, 6.45) is 3.69. The summed E-state index contributed by atoms with van der Waals surface area (Å²) < 4.78 is 0.255. The number of aliphatic carboxylic acids is 1. The van der Waals surface area contributed by atoms with E-state index in [9.17, 15) is 14.7 Å². The monoisotopic (exact) mass is 460 g/mol. The highest BCUT2D eigenvalue weighted by molar-refractivity contribution is 8.26. The smallest absolute Gasteiger partial charge is 0.326 e. The molecule has 1 amide bonds. The van der Waals surface area contributed by atoms with Gasteiger partial charge in [-0.25, -0.2) is 4.79 Å². The third-order valence-electron chi connectivity index (χ3n) is 4.69. The van der Waals surface area contributed by atoms with Crippen LogP contribution in [0, 0.1) is 12.8 Å². The van der Waals surface area contributed by atoms with E-state index >= 15 is 0 Å². The summed E-state index contributed by atoms with van der Waals surface area (Å²) in [6.45, 7) is 5.77. The molecular formula is C22H21ClN2O3S2. The number of nitrogens with zero attached hydrogens (tertiary/aromatic N) is 2. The van der Waals surface area contributed by atoms with Crippen LogP contribution in [0.3, 0.4) is 0 Å². The van der Waals surface area contributed by atoms with Gasteiger partial charge in [0, 0.05) is 16.8 Å². The van der Waals surface area contributed by atoms with Crippen LogP contribution in [0.1, 0.15) is 31.5 Å². The van der Waals surface area contributed by atoms with E-state index in [0.29, 0.717) is 22.0 Å². The van der Waals surface area contributed by atoms with E-state index in [4.69, 9.17) is 23.8 Å². The summed E-state index contributed by atoms with van der Waals surface area (Å²) in [6, 6.07) is 8.55. The molecule has 1 aliphatic rings. The third-order valence-corrected chi connectivity index (χ3v) is 6.42. The van der Waals surface area contributed by atoms with E-state index in [1.807, 2.05) is 45.0 Å². The van der Waals surface area contributed by atoms with Crippen LogP contribution in [0.15, 0.2) is 41.4 Å². The second-order valence-corrected chi connectivity index (χ2v) is 9.55. The number of hydrogen-bond donors (Lipinski definition) is 1. The summed E-state index contributed by atoms with van der Waals surface area (Å²) >= 11 is 12.6. The highest BCUT2D eigenvalue weighted by atomic mass is 35.5. The normalized spacial score (nSPS) is 16.6. The molecule has 1 fully saturated rings. The molecule has 2 heterocycles. The molecule has 1 atom stereocenters. The average Bonchev–Trinajstić information content (AvgIpc) is 2.95. The molecule has 8 heteroatoms. The first-order chi connectivity index (χ1) is 14.2. The van der Waals surface area contributed by atoms with Crippen LogP contribution in [-0.2, 0) is 9.59 Å². The summed E-state index contributed by atoms with van der Waals surface area (Å²) in [5.41, 5.74) is 3.45. The van der Waals surface area contributed by atoms with Gasteiger partial charge < -0.3 is 5.11 Å². The first-order valence-corrected chi connectivity index (χ1v) is 11.0. The van der Waals surface area contributed by atoms with Gasteiger partial charge in [0.1, 0.15) is 10.4 Å². The molecule has 1 saturated heterocycles. The Kier molecular flexibility index (Phi) is 6.95. The van der Waals surface area contributed by atoms with Crippen LogP contribution in [0.2, 0.25) is 5.02 Å². The molecule has 1 aromatic carbocycles. The molecule has 3 rings (SSSR count). The average molecular weight is 461 g/mol. The van der Waals surface area contributed by atoms with E-state index in [2.05, 4.69) is 4.98 Å². The molecule has 1 N–H and O–H groups in total. The Labute approximate surface area is 190 Å². The van der Waals surface area contributed by atoms with Crippen molar-refractivity contribution >= 4 is 57.9 Å². The number of thioether (sulfide) groups is 1. The SMILES string of the molecule is Cc1ccc(-c2ccc(/C=C3\SC(=S)N([C@@H](CC(C)C)C(=O)O)C3=O)nc2)cc1Cl. The van der Waals surface area contributed by atoms with Gasteiger partial charge in [-0.1, -0.05) is 67.6 Å². The zero-order valence-electron chi connectivity index (χ0n) is 16.8. The molecule has 1 aromatic heterocycles. The fourth-order valence-electron chi connectivity index (χ4n) is 3.08. The quantitative estimate of drug-likeness (QED) is 0.459. The molecule has 0 saturated carbocycles. The van der Waals surface area contributed by atoms with Crippen molar-refractivity contribution in [2.24, 2.45) is 5.92 Å². The highest BCUT2D eigenvalue weighted by Crippen LogP contribution is 2.35. The number of carboxylic acid groups (broad SMARTS) is 1. The number of pyridine rings is 1. The largest absolute Gasteiger partial charge is 0.480 e. The van der Waals surface area contributed by atoms with E-state index in [1.165, 1.54) is 4.90 Å². The van der Waals surface area contributed by atoms with Gasteiger partial charge in [-0.05, 0) is 48.6 Å². The third kappa shape index (κ3) is 4.91. The molecule has 0 unspecified atom stereocenters. The minimum Gasteiger partial charge on any atom is -0.480 e. The van der Waals surface area contributed by atoms with Crippen molar-refractivity contribution in [2.45, 2.75) is 33.2 Å². The van der Waals surface area contributed by atoms with E-state index < -0.39 is 17.9 Å². The summed E-state index contributed by atoms with van der Waals surface area (Å²) in [5.74, 6) is -1.33. The molecule has 156 valence electrons. The van der Waals surface area contributed by atoms with Crippen LogP contribution in [-0.4, -0.2) is 37.2 Å². The molecule has 0 spiro atoms. The molecule has 1 aliphatic heterocycles. The molecule has 0 aliphatic carbocycles. The van der Waals surface area contributed by atoms with Gasteiger partial charge in [-0.3, -0.25) is 14.7 Å². The fourth-order valence-corrected chi connectivity index (χ4v) is 4.60. The first kappa shape index (κ1) is 22.5. The Balaban J connectivity index is 1.83. The number of amides is 1. The Hall–Kier alpha value is -2.22. The summed E-state index contributed by atoms with van der Waals surface area (Å²) in [4.78, 5) is 30.5. The minimum atomic E-state index is -1.06. The van der Waals surface area contributed by atoms with Crippen LogP contribution in [0.25, 0.3) is 17.2 Å². The number of rotatable bonds is 6. The van der Waals surface area contributed by atoms with Gasteiger partial charge in [0.2, 0.25) is 0 Å². The maximum atomic E-state index is 12.8. The summed E-state index contributed by atoms with van der Waals surface area (Å²) in [7, 11) is 0. The van der Waals surface area contributed by atoms with Crippen LogP contribution < -0.4 is 0 Å². The Morgan fingerprint density at radius 3 is 2.57 bits per heavy atom. The number of carbonyl (C=O) groups excluding carboxylic acids is 1. The predicted octanol–water partition coefficient (Wildman–Crippen LogP) is 5.41. The molecule has 0 bridgehead atoms. The van der Waals surface area contributed by atoms with Crippen molar-refractivity contribution < 1.29 is 14.7 Å². The van der Waals surface area contributed by atoms with Crippen molar-refractivity contribution in [3.8, 4) is 11.1 Å². The lowest BCUT2D eigenvalue weighted by Crippen LogP contribution is -2.44. The zero-order valence-corrected chi connectivity index (χ0v) is 19.1. The van der Waals surface area contributed by atoms with Gasteiger partial charge in [0.05, 0.1) is 10.6 Å². The molecule has 30 heavy (non-hydrogen) atoms. The van der Waals surface area contributed by atoms with E-state index in [0.717, 1.165) is 28.5 Å². The van der Waals surface area contributed by atoms with Crippen molar-refractivity contribution in [1.82, 2.24) is 9.88 Å². The van der Waals surface area contributed by atoms with Crippen molar-refractivity contribution in [3.05, 3.63) is 57.7 Å². The summed E-state index contributed by atoms with van der Waals surface area (Å²) in [5, 5.41) is 10.3. The zero-order chi connectivity index (χ0) is 22.0. The van der Waals surface area contributed by atoms with Gasteiger partial charge >= 0.3 is 5.97 Å². The Bertz CT molecular complexity index is 1040. The first-order valence-electron chi connectivity index (χ1n) is 9.40. The van der Waals surface area contributed by atoms with Gasteiger partial charge in [-0.2, -0.15) is 0 Å². The molecular weight excluding hydrogens is 440 g/mol. The maximum absolute atomic E-state index is 12.8. The number of thiocarbonyl (C=S) groups is 1. The predicted molar refractivity (Wildman–Crippen MR) is 125 cm³/mol. The van der Waals surface area contributed by atoms with Gasteiger partial charge in [0.15, 0.2) is 0 Å². The Morgan fingerprint density at radius 2 is 2.00 bits per heavy atom. The number of carboxylic acids is 1. The number of carbonyl (C=O) groups is 2. The lowest BCUT2D eigenvalue weighted by Gasteiger charge is -2.24. The van der Waals surface area contributed by atoms with Crippen LogP contribution in [0.4, 0.5) is 0 Å². The lowest BCUT2D eigenvalue weighted by atomic mass is 10.0. The van der Waals surface area contributed by atoms with Gasteiger partial charge in [0.25, 0.3) is 5.91 Å². The minimum absolute atomic E-state index is 0.115. The number of benzene rings is 1. The lowest BCUT2D eigenvalue weighted by molar-refractivity contribution is -0.145. The fraction of sp³-hybridized carbons (Fsp3) is 0.273. The van der Waals surface area contributed by atoms with Crippen molar-refractivity contribution in [1.29, 1.82) is 0 Å². The second kappa shape index (κ2) is 9.29. The number of hydrogen-bond acceptors (Lipinski definition) is 5. The number of halogens is 1. The highest BCUT2D eigenvalue weighted by Gasteiger charge is 2.40. The van der Waals surface area contributed by atoms with Crippen LogP contribution in [0.5, 0.6) is 0 Å². The van der Waals surface area contributed by atoms with E-state index in [-0.39, 0.29) is 10.2 Å². The second-order valence-electron chi connectivity index (χ2n) is 7.47. The number of aryl methyl sites for hydroxylation is 1. The van der Waals surface area contributed by atoms with Gasteiger partial charge in [-0.15, -0.1) is 0 Å². The molecule has 2 aromatic rings. The van der Waals surface area contributed by atoms with E-state index in [1.54, 1.807) is 18.3 Å². The molecule has 0 radical (unpaired) electrons. The molecule has 5 nitrogen and oxygen atoms in total. The topological polar surface area (TPSA) is 70.5 Å². The van der Waals surface area contributed by atoms with Crippen molar-refractivity contribution in [3.63, 3.8) is 0 Å². The Morgan fingerprint density at radius 1 is 1.30 bits per heavy atom. The van der Waals surface area contributed by atoms with Crippen LogP contribution >= 0.6 is 35.6 Å². The maximum Gasteiger partial charge on any atom is 0.326 e. The number of aromatic nitrogens is 1. The standard InChI is InChI=1S/C22H21ClN2O3S2/c1-12(2)8-18(21(27)28)25-20(26)19(30-22(25)29)10-16-7-6-15(11-24-16)14-5-4-13(3)17(23)9-14/h4-7,9-12,18H,8H2,1-3H3,(H,27,28)/b19-10-/t18-/m0/s1.